The molecule has 0 saturated heterocycles. The van der Waals surface area contributed by atoms with Crippen LogP contribution in [0.15, 0.2) is 192 Å². The van der Waals surface area contributed by atoms with Gasteiger partial charge in [-0.25, -0.2) is 15.0 Å². The number of fused-ring (bicyclic) bond motifs is 8. The van der Waals surface area contributed by atoms with E-state index in [2.05, 4.69) is 127 Å². The van der Waals surface area contributed by atoms with E-state index >= 15 is 0 Å². The maximum Gasteiger partial charge on any atom is 0.164 e. The van der Waals surface area contributed by atoms with Gasteiger partial charge in [0.15, 0.2) is 17.5 Å². The van der Waals surface area contributed by atoms with E-state index in [0.717, 1.165) is 60.5 Å². The summed E-state index contributed by atoms with van der Waals surface area (Å²) in [7, 11) is 0. The van der Waals surface area contributed by atoms with Gasteiger partial charge in [0.05, 0.1) is 0 Å². The molecule has 0 bridgehead atoms. The topological polar surface area (TPSA) is 51.8 Å². The van der Waals surface area contributed by atoms with Crippen molar-refractivity contribution in [1.29, 1.82) is 0 Å². The molecule has 0 spiro atoms. The maximum atomic E-state index is 6.66. The average molecular weight is 702 g/mol. The highest BCUT2D eigenvalue weighted by Gasteiger charge is 2.18. The summed E-state index contributed by atoms with van der Waals surface area (Å²) in [6.45, 7) is 0. The molecule has 2 aromatic heterocycles. The van der Waals surface area contributed by atoms with Crippen molar-refractivity contribution >= 4 is 54.3 Å². The van der Waals surface area contributed by atoms with Crippen molar-refractivity contribution in [3.63, 3.8) is 0 Å². The molecule has 0 saturated carbocycles. The molecular weight excluding hydrogens is 671 g/mol. The molecule has 11 rings (SSSR count). The molecule has 55 heavy (non-hydrogen) atoms. The average Bonchev–Trinajstić information content (AvgIpc) is 3.64. The molecule has 11 aromatic rings. The van der Waals surface area contributed by atoms with Crippen molar-refractivity contribution in [1.82, 2.24) is 15.0 Å². The van der Waals surface area contributed by atoms with E-state index in [0.29, 0.717) is 17.5 Å². The van der Waals surface area contributed by atoms with Gasteiger partial charge in [-0.1, -0.05) is 164 Å². The Bertz CT molecular complexity index is 3180. The van der Waals surface area contributed by atoms with E-state index in [9.17, 15) is 0 Å². The van der Waals surface area contributed by atoms with E-state index in [-0.39, 0.29) is 0 Å². The third-order valence-corrected chi connectivity index (χ3v) is 10.7. The molecule has 0 aliphatic heterocycles. The second-order valence-corrected chi connectivity index (χ2v) is 14.0. The van der Waals surface area contributed by atoms with Crippen LogP contribution in [0.4, 0.5) is 0 Å². The van der Waals surface area contributed by atoms with Gasteiger partial charge in [0.1, 0.15) is 11.2 Å². The largest absolute Gasteiger partial charge is 0.455 e. The summed E-state index contributed by atoms with van der Waals surface area (Å²) in [5.74, 6) is 1.93. The van der Waals surface area contributed by atoms with Crippen molar-refractivity contribution in [3.8, 4) is 56.4 Å². The standard InChI is InChI=1S/C51H31N3O/c1-3-13-33(14-4-1)49-52-50(34-15-5-2-6-16-34)54-51(53-49)35-25-23-32(24-26-35)44-31-46-45-30-37(27-28-47(45)55-48(46)42-22-12-11-21-41(42)44)43-29-36-17-7-8-18-38(36)39-19-9-10-20-40(39)43/h1-31H. The summed E-state index contributed by atoms with van der Waals surface area (Å²) in [5, 5.41) is 9.42. The molecule has 4 nitrogen and oxygen atoms in total. The summed E-state index contributed by atoms with van der Waals surface area (Å²) in [6.07, 6.45) is 0. The minimum Gasteiger partial charge on any atom is -0.455 e. The lowest BCUT2D eigenvalue weighted by Gasteiger charge is -2.11. The smallest absolute Gasteiger partial charge is 0.164 e. The van der Waals surface area contributed by atoms with Crippen molar-refractivity contribution < 1.29 is 4.42 Å². The zero-order valence-corrected chi connectivity index (χ0v) is 29.6. The second kappa shape index (κ2) is 12.6. The molecule has 0 N–H and O–H groups in total. The predicted octanol–water partition coefficient (Wildman–Crippen LogP) is 13.6. The first-order valence-corrected chi connectivity index (χ1v) is 18.5. The fourth-order valence-corrected chi connectivity index (χ4v) is 8.03. The maximum absolute atomic E-state index is 6.66. The van der Waals surface area contributed by atoms with Crippen molar-refractivity contribution in [2.75, 3.05) is 0 Å². The molecule has 256 valence electrons. The van der Waals surface area contributed by atoms with Gasteiger partial charge in [0, 0.05) is 32.8 Å². The third-order valence-electron chi connectivity index (χ3n) is 10.7. The van der Waals surface area contributed by atoms with E-state index in [1.165, 1.54) is 32.7 Å². The van der Waals surface area contributed by atoms with Crippen molar-refractivity contribution in [2.24, 2.45) is 0 Å². The molecule has 0 fully saturated rings. The molecule has 0 aliphatic carbocycles. The summed E-state index contributed by atoms with van der Waals surface area (Å²) in [4.78, 5) is 14.8. The molecule has 0 unspecified atom stereocenters. The highest BCUT2D eigenvalue weighted by molar-refractivity contribution is 6.20. The molecule has 0 aliphatic rings. The Morgan fingerprint density at radius 1 is 0.291 bits per heavy atom. The van der Waals surface area contributed by atoms with E-state index < -0.39 is 0 Å². The molecule has 0 amide bonds. The Hall–Kier alpha value is -7.43. The van der Waals surface area contributed by atoms with Gasteiger partial charge in [0.25, 0.3) is 0 Å². The number of aromatic nitrogens is 3. The predicted molar refractivity (Wildman–Crippen MR) is 227 cm³/mol. The lowest BCUT2D eigenvalue weighted by atomic mass is 9.92. The molecule has 9 aromatic carbocycles. The van der Waals surface area contributed by atoms with Crippen LogP contribution >= 0.6 is 0 Å². The number of benzene rings is 9. The number of hydrogen-bond acceptors (Lipinski definition) is 4. The van der Waals surface area contributed by atoms with Gasteiger partial charge < -0.3 is 4.42 Å². The fraction of sp³-hybridized carbons (Fsp3) is 0. The highest BCUT2D eigenvalue weighted by Crippen LogP contribution is 2.42. The monoisotopic (exact) mass is 701 g/mol. The summed E-state index contributed by atoms with van der Waals surface area (Å²) < 4.78 is 6.66. The first-order valence-electron chi connectivity index (χ1n) is 18.5. The van der Waals surface area contributed by atoms with Crippen molar-refractivity contribution in [2.45, 2.75) is 0 Å². The quantitative estimate of drug-likeness (QED) is 0.168. The third kappa shape index (κ3) is 5.26. The van der Waals surface area contributed by atoms with Crippen LogP contribution in [0, 0.1) is 0 Å². The molecule has 0 atom stereocenters. The van der Waals surface area contributed by atoms with Gasteiger partial charge in [-0.3, -0.25) is 0 Å². The van der Waals surface area contributed by atoms with Crippen LogP contribution in [0.2, 0.25) is 0 Å². The number of nitrogens with zero attached hydrogens (tertiary/aromatic N) is 3. The lowest BCUT2D eigenvalue weighted by molar-refractivity contribution is 0.673. The summed E-state index contributed by atoms with van der Waals surface area (Å²) in [6, 6.07) is 65.8. The van der Waals surface area contributed by atoms with E-state index in [1.807, 2.05) is 60.7 Å². The zero-order valence-electron chi connectivity index (χ0n) is 29.6. The van der Waals surface area contributed by atoms with E-state index in [4.69, 9.17) is 19.4 Å². The Balaban J connectivity index is 1.06. The highest BCUT2D eigenvalue weighted by atomic mass is 16.3. The fourth-order valence-electron chi connectivity index (χ4n) is 8.03. The Morgan fingerprint density at radius 3 is 1.42 bits per heavy atom. The first kappa shape index (κ1) is 31.1. The van der Waals surface area contributed by atoms with E-state index in [1.54, 1.807) is 0 Å². The van der Waals surface area contributed by atoms with Crippen molar-refractivity contribution in [3.05, 3.63) is 188 Å². The lowest BCUT2D eigenvalue weighted by Crippen LogP contribution is -2.00. The Kier molecular flexibility index (Phi) is 7.14. The van der Waals surface area contributed by atoms with Crippen LogP contribution < -0.4 is 0 Å². The number of furan rings is 1. The minimum absolute atomic E-state index is 0.633. The van der Waals surface area contributed by atoms with Gasteiger partial charge >= 0.3 is 0 Å². The van der Waals surface area contributed by atoms with Crippen LogP contribution in [0.25, 0.3) is 111 Å². The van der Waals surface area contributed by atoms with Gasteiger partial charge in [-0.15, -0.1) is 0 Å². The Morgan fingerprint density at radius 2 is 0.764 bits per heavy atom. The SMILES string of the molecule is c1ccc(-c2nc(-c3ccccc3)nc(-c3ccc(-c4cc5c6cc(-c7cc8ccccc8c8ccccc78)ccc6oc5c5ccccc45)cc3)n2)cc1. The van der Waals surface area contributed by atoms with Gasteiger partial charge in [0.2, 0.25) is 0 Å². The molecule has 0 radical (unpaired) electrons. The normalized spacial score (nSPS) is 11.6. The zero-order chi connectivity index (χ0) is 36.3. The van der Waals surface area contributed by atoms with Crippen LogP contribution in [0.1, 0.15) is 0 Å². The molecule has 4 heteroatoms. The van der Waals surface area contributed by atoms with Crippen LogP contribution in [-0.2, 0) is 0 Å². The Labute approximate surface area is 317 Å². The summed E-state index contributed by atoms with van der Waals surface area (Å²) in [5.41, 5.74) is 9.22. The first-order chi connectivity index (χ1) is 27.2. The van der Waals surface area contributed by atoms with Crippen LogP contribution in [0.3, 0.4) is 0 Å². The van der Waals surface area contributed by atoms with Gasteiger partial charge in [-0.05, 0) is 73.5 Å². The van der Waals surface area contributed by atoms with Gasteiger partial charge in [-0.2, -0.15) is 0 Å². The van der Waals surface area contributed by atoms with Crippen LogP contribution in [-0.4, -0.2) is 15.0 Å². The minimum atomic E-state index is 0.633. The summed E-state index contributed by atoms with van der Waals surface area (Å²) >= 11 is 0. The number of hydrogen-bond donors (Lipinski definition) is 0. The second-order valence-electron chi connectivity index (χ2n) is 14.0. The molecule has 2 heterocycles. The number of rotatable bonds is 5. The molecular formula is C51H31N3O. The van der Waals surface area contributed by atoms with Crippen LogP contribution in [0.5, 0.6) is 0 Å².